The van der Waals surface area contributed by atoms with Crippen LogP contribution in [0.15, 0.2) is 54.6 Å². The van der Waals surface area contributed by atoms with Crippen LogP contribution in [0.5, 0.6) is 5.75 Å². The van der Waals surface area contributed by atoms with Crippen molar-refractivity contribution in [3.05, 3.63) is 65.9 Å². The molecule has 1 fully saturated rings. The minimum absolute atomic E-state index is 0.443. The molecule has 0 saturated carbocycles. The molecule has 1 N–H and O–H groups in total. The summed E-state index contributed by atoms with van der Waals surface area (Å²) < 4.78 is 5.23. The van der Waals surface area contributed by atoms with Crippen molar-refractivity contribution in [3.63, 3.8) is 0 Å². The monoisotopic (exact) mass is 404 g/mol. The van der Waals surface area contributed by atoms with E-state index in [0.29, 0.717) is 5.75 Å². The maximum absolute atomic E-state index is 11.4. The smallest absolute Gasteiger partial charge is 0.410 e. The summed E-state index contributed by atoms with van der Waals surface area (Å²) in [7, 11) is 1.56. The lowest BCUT2D eigenvalue weighted by Gasteiger charge is -2.36. The second-order valence-corrected chi connectivity index (χ2v) is 7.66. The molecule has 2 aromatic carbocycles. The minimum Gasteiger partial charge on any atom is -0.410 e. The van der Waals surface area contributed by atoms with Crippen molar-refractivity contribution >= 4 is 22.7 Å². The third-order valence-electron chi connectivity index (χ3n) is 5.59. The van der Waals surface area contributed by atoms with E-state index < -0.39 is 6.09 Å². The maximum atomic E-state index is 11.4. The van der Waals surface area contributed by atoms with E-state index in [2.05, 4.69) is 56.5 Å². The number of benzene rings is 2. The molecule has 1 aliphatic heterocycles. The predicted octanol–water partition coefficient (Wildman–Crippen LogP) is 3.63. The highest BCUT2D eigenvalue weighted by Crippen LogP contribution is 2.27. The standard InChI is InChI=1S/C24H28N4O2/c1-18-9-10-21-22(26-18)7-4-8-23(21)28-15-13-27(14-16-28)12-11-19-5-3-6-20(17-19)30-24(29)25-2/h3-10,17H,11-16H2,1-2H3,(H,25,29). The summed E-state index contributed by atoms with van der Waals surface area (Å²) in [5.41, 5.74) is 4.57. The van der Waals surface area contributed by atoms with Crippen molar-refractivity contribution in [2.75, 3.05) is 44.7 Å². The average molecular weight is 405 g/mol. The fraction of sp³-hybridized carbons (Fsp3) is 0.333. The number of pyridine rings is 1. The lowest BCUT2D eigenvalue weighted by atomic mass is 10.1. The fourth-order valence-electron chi connectivity index (χ4n) is 3.94. The highest BCUT2D eigenvalue weighted by molar-refractivity contribution is 5.92. The molecule has 1 saturated heterocycles. The SMILES string of the molecule is CNC(=O)Oc1cccc(CCN2CCN(c3cccc4nc(C)ccc34)CC2)c1. The van der Waals surface area contributed by atoms with E-state index in [-0.39, 0.29) is 0 Å². The van der Waals surface area contributed by atoms with Gasteiger partial charge in [0.15, 0.2) is 0 Å². The van der Waals surface area contributed by atoms with Gasteiger partial charge in [-0.05, 0) is 55.3 Å². The van der Waals surface area contributed by atoms with Gasteiger partial charge in [-0.2, -0.15) is 0 Å². The number of aryl methyl sites for hydroxylation is 1. The number of nitrogens with zero attached hydrogens (tertiary/aromatic N) is 3. The molecule has 0 unspecified atom stereocenters. The summed E-state index contributed by atoms with van der Waals surface area (Å²) in [5, 5.41) is 3.70. The van der Waals surface area contributed by atoms with Gasteiger partial charge in [-0.1, -0.05) is 18.2 Å². The van der Waals surface area contributed by atoms with Crippen LogP contribution in [0.2, 0.25) is 0 Å². The first kappa shape index (κ1) is 20.2. The maximum Gasteiger partial charge on any atom is 0.412 e. The number of nitrogens with one attached hydrogen (secondary N) is 1. The van der Waals surface area contributed by atoms with Crippen LogP contribution in [-0.4, -0.2) is 55.7 Å². The predicted molar refractivity (Wildman–Crippen MR) is 120 cm³/mol. The van der Waals surface area contributed by atoms with Crippen LogP contribution in [0.1, 0.15) is 11.3 Å². The number of hydrogen-bond acceptors (Lipinski definition) is 5. The van der Waals surface area contributed by atoms with Gasteiger partial charge < -0.3 is 15.0 Å². The van der Waals surface area contributed by atoms with Gasteiger partial charge in [0.1, 0.15) is 5.75 Å². The molecule has 6 heteroatoms. The lowest BCUT2D eigenvalue weighted by molar-refractivity contribution is 0.203. The molecule has 6 nitrogen and oxygen atoms in total. The quantitative estimate of drug-likeness (QED) is 0.704. The van der Waals surface area contributed by atoms with E-state index >= 15 is 0 Å². The van der Waals surface area contributed by atoms with Crippen molar-refractivity contribution in [3.8, 4) is 5.75 Å². The Morgan fingerprint density at radius 3 is 2.67 bits per heavy atom. The largest absolute Gasteiger partial charge is 0.412 e. The molecule has 1 amide bonds. The zero-order valence-corrected chi connectivity index (χ0v) is 17.6. The average Bonchev–Trinajstić information content (AvgIpc) is 2.77. The molecule has 1 aromatic heterocycles. The highest BCUT2D eigenvalue weighted by Gasteiger charge is 2.18. The topological polar surface area (TPSA) is 57.7 Å². The molecule has 0 radical (unpaired) electrons. The van der Waals surface area contributed by atoms with Crippen molar-refractivity contribution in [1.82, 2.24) is 15.2 Å². The molecular weight excluding hydrogens is 376 g/mol. The van der Waals surface area contributed by atoms with Gasteiger partial charge in [-0.25, -0.2) is 4.79 Å². The summed E-state index contributed by atoms with van der Waals surface area (Å²) >= 11 is 0. The number of amides is 1. The van der Waals surface area contributed by atoms with Crippen LogP contribution in [0.3, 0.4) is 0 Å². The Morgan fingerprint density at radius 1 is 1.07 bits per heavy atom. The summed E-state index contributed by atoms with van der Waals surface area (Å²) in [5.74, 6) is 0.580. The van der Waals surface area contributed by atoms with E-state index in [0.717, 1.165) is 50.4 Å². The van der Waals surface area contributed by atoms with Gasteiger partial charge >= 0.3 is 6.09 Å². The molecule has 0 atom stereocenters. The number of ether oxygens (including phenoxy) is 1. The number of rotatable bonds is 5. The number of anilines is 1. The second-order valence-electron chi connectivity index (χ2n) is 7.66. The van der Waals surface area contributed by atoms with Crippen LogP contribution >= 0.6 is 0 Å². The Balaban J connectivity index is 1.34. The first-order valence-electron chi connectivity index (χ1n) is 10.4. The molecule has 3 aromatic rings. The molecule has 0 spiro atoms. The van der Waals surface area contributed by atoms with Crippen LogP contribution < -0.4 is 15.0 Å². The second kappa shape index (κ2) is 9.13. The minimum atomic E-state index is -0.443. The number of carbonyl (C=O) groups excluding carboxylic acids is 1. The summed E-state index contributed by atoms with van der Waals surface area (Å²) in [6.07, 6.45) is 0.490. The molecule has 156 valence electrons. The van der Waals surface area contributed by atoms with E-state index in [1.54, 1.807) is 13.1 Å². The Kier molecular flexibility index (Phi) is 6.14. The van der Waals surface area contributed by atoms with Crippen molar-refractivity contribution in [2.24, 2.45) is 0 Å². The van der Waals surface area contributed by atoms with Crippen LogP contribution in [0, 0.1) is 6.92 Å². The molecule has 1 aliphatic rings. The zero-order chi connectivity index (χ0) is 20.9. The van der Waals surface area contributed by atoms with Gasteiger partial charge in [-0.15, -0.1) is 0 Å². The van der Waals surface area contributed by atoms with Gasteiger partial charge in [0.25, 0.3) is 0 Å². The van der Waals surface area contributed by atoms with E-state index in [1.807, 2.05) is 19.1 Å². The fourth-order valence-corrected chi connectivity index (χ4v) is 3.94. The molecule has 4 rings (SSSR count). The third-order valence-corrected chi connectivity index (χ3v) is 5.59. The molecular formula is C24H28N4O2. The van der Waals surface area contributed by atoms with Crippen molar-refractivity contribution < 1.29 is 9.53 Å². The Morgan fingerprint density at radius 2 is 1.87 bits per heavy atom. The first-order chi connectivity index (χ1) is 14.6. The van der Waals surface area contributed by atoms with Gasteiger partial charge in [0, 0.05) is 56.5 Å². The third kappa shape index (κ3) is 4.71. The van der Waals surface area contributed by atoms with Crippen molar-refractivity contribution in [2.45, 2.75) is 13.3 Å². The van der Waals surface area contributed by atoms with E-state index in [1.165, 1.54) is 16.6 Å². The number of fused-ring (bicyclic) bond motifs is 1. The molecule has 0 aliphatic carbocycles. The van der Waals surface area contributed by atoms with Crippen LogP contribution in [-0.2, 0) is 6.42 Å². The van der Waals surface area contributed by atoms with E-state index in [9.17, 15) is 4.79 Å². The van der Waals surface area contributed by atoms with Crippen molar-refractivity contribution in [1.29, 1.82) is 0 Å². The van der Waals surface area contributed by atoms with Gasteiger partial charge in [-0.3, -0.25) is 9.88 Å². The summed E-state index contributed by atoms with van der Waals surface area (Å²) in [6.45, 7) is 7.10. The Bertz CT molecular complexity index is 1030. The molecule has 2 heterocycles. The van der Waals surface area contributed by atoms with Gasteiger partial charge in [0.05, 0.1) is 5.52 Å². The lowest BCUT2D eigenvalue weighted by Crippen LogP contribution is -2.47. The Hall–Kier alpha value is -3.12. The number of piperazine rings is 1. The summed E-state index contributed by atoms with van der Waals surface area (Å²) in [4.78, 5) is 21.0. The number of aromatic nitrogens is 1. The summed E-state index contributed by atoms with van der Waals surface area (Å²) in [6, 6.07) is 18.4. The molecule has 30 heavy (non-hydrogen) atoms. The normalized spacial score (nSPS) is 14.7. The highest BCUT2D eigenvalue weighted by atomic mass is 16.5. The number of carbonyl (C=O) groups is 1. The van der Waals surface area contributed by atoms with Crippen LogP contribution in [0.4, 0.5) is 10.5 Å². The Labute approximate surface area is 177 Å². The van der Waals surface area contributed by atoms with Gasteiger partial charge in [0.2, 0.25) is 0 Å². The van der Waals surface area contributed by atoms with E-state index in [4.69, 9.17) is 4.74 Å². The van der Waals surface area contributed by atoms with Crippen LogP contribution in [0.25, 0.3) is 10.9 Å². The number of hydrogen-bond donors (Lipinski definition) is 1. The molecule has 0 bridgehead atoms. The first-order valence-corrected chi connectivity index (χ1v) is 10.4. The zero-order valence-electron chi connectivity index (χ0n) is 17.6.